The summed E-state index contributed by atoms with van der Waals surface area (Å²) in [6.45, 7) is 0.922. The summed E-state index contributed by atoms with van der Waals surface area (Å²) >= 11 is 0. The predicted molar refractivity (Wildman–Crippen MR) is 123 cm³/mol. The number of anilines is 3. The first-order valence-electron chi connectivity index (χ1n) is 10.2. The van der Waals surface area contributed by atoms with Gasteiger partial charge in [0.25, 0.3) is 0 Å². The molecule has 9 nitrogen and oxygen atoms in total. The summed E-state index contributed by atoms with van der Waals surface area (Å²) in [6.07, 6.45) is 1.67. The molecule has 9 heteroatoms. The molecule has 0 spiro atoms. The minimum absolute atomic E-state index is 0.126. The fourth-order valence-corrected chi connectivity index (χ4v) is 4.10. The second-order valence-electron chi connectivity index (χ2n) is 7.77. The van der Waals surface area contributed by atoms with Crippen molar-refractivity contribution in [1.29, 1.82) is 0 Å². The van der Waals surface area contributed by atoms with Crippen molar-refractivity contribution in [2.24, 2.45) is 0 Å². The maximum atomic E-state index is 12.7. The van der Waals surface area contributed by atoms with Crippen LogP contribution in [0.15, 0.2) is 71.8 Å². The van der Waals surface area contributed by atoms with Gasteiger partial charge in [-0.25, -0.2) is 15.9 Å². The monoisotopic (exact) mass is 425 g/mol. The molecule has 1 aliphatic rings. The number of aromatic nitrogens is 4. The van der Waals surface area contributed by atoms with E-state index in [0.29, 0.717) is 24.3 Å². The molecule has 4 N–H and O–H groups in total. The molecule has 5 aromatic rings. The highest BCUT2D eigenvalue weighted by Crippen LogP contribution is 2.28. The Balaban J connectivity index is 1.39. The lowest BCUT2D eigenvalue weighted by Gasteiger charge is -2.12. The van der Waals surface area contributed by atoms with Crippen LogP contribution in [0.2, 0.25) is 0 Å². The van der Waals surface area contributed by atoms with E-state index in [4.69, 9.17) is 10.7 Å². The molecule has 6 rings (SSSR count). The third-order valence-electron chi connectivity index (χ3n) is 5.68. The molecule has 0 saturated carbocycles. The summed E-state index contributed by atoms with van der Waals surface area (Å²) < 4.78 is 3.57. The molecule has 0 fully saturated rings. The van der Waals surface area contributed by atoms with Gasteiger partial charge >= 0.3 is 5.56 Å². The highest BCUT2D eigenvalue weighted by molar-refractivity contribution is 5.83. The standard InChI is InChI=1S/C23H19N7O2/c24-23-26-22(31)20-21(30(23)12-15-6-8-18-19(10-15)28-32-27-18)25-13-29(20)11-14-5-7-16-3-1-2-4-17(16)9-14/h1-10,13,27-28H,11-12H2,(H2,24,26,31). The quantitative estimate of drug-likeness (QED) is 0.406. The van der Waals surface area contributed by atoms with Gasteiger partial charge < -0.3 is 10.3 Å². The molecule has 3 aromatic carbocycles. The minimum atomic E-state index is -0.389. The zero-order chi connectivity index (χ0) is 21.7. The van der Waals surface area contributed by atoms with Crippen LogP contribution in [0.3, 0.4) is 0 Å². The lowest BCUT2D eigenvalue weighted by molar-refractivity contribution is 0.282. The van der Waals surface area contributed by atoms with Gasteiger partial charge in [0.05, 0.1) is 24.2 Å². The molecule has 0 bridgehead atoms. The first-order chi connectivity index (χ1) is 15.7. The summed E-state index contributed by atoms with van der Waals surface area (Å²) in [5, 5.41) is 2.32. The molecule has 1 aliphatic heterocycles. The van der Waals surface area contributed by atoms with Crippen LogP contribution in [-0.2, 0) is 18.0 Å². The Morgan fingerprint density at radius 3 is 2.59 bits per heavy atom. The van der Waals surface area contributed by atoms with Crippen LogP contribution in [0.5, 0.6) is 0 Å². The lowest BCUT2D eigenvalue weighted by Crippen LogP contribution is -2.20. The Labute approximate surface area is 182 Å². The molecular weight excluding hydrogens is 406 g/mol. The predicted octanol–water partition coefficient (Wildman–Crippen LogP) is 3.11. The van der Waals surface area contributed by atoms with E-state index in [9.17, 15) is 4.79 Å². The van der Waals surface area contributed by atoms with E-state index in [-0.39, 0.29) is 11.5 Å². The Morgan fingerprint density at radius 2 is 1.69 bits per heavy atom. The Bertz CT molecular complexity index is 1550. The van der Waals surface area contributed by atoms with Crippen LogP contribution >= 0.6 is 0 Å². The number of hydrogen-bond donors (Lipinski definition) is 3. The van der Waals surface area contributed by atoms with Crippen molar-refractivity contribution < 1.29 is 4.94 Å². The van der Waals surface area contributed by atoms with Crippen molar-refractivity contribution in [2.75, 3.05) is 16.7 Å². The molecule has 0 unspecified atom stereocenters. The smallest absolute Gasteiger partial charge is 0.300 e. The largest absolute Gasteiger partial charge is 0.369 e. The number of imidazole rings is 1. The maximum absolute atomic E-state index is 12.7. The number of fused-ring (bicyclic) bond motifs is 3. The zero-order valence-electron chi connectivity index (χ0n) is 16.9. The van der Waals surface area contributed by atoms with Crippen molar-refractivity contribution in [2.45, 2.75) is 13.1 Å². The number of nitrogens with one attached hydrogen (secondary N) is 2. The minimum Gasteiger partial charge on any atom is -0.369 e. The Kier molecular flexibility index (Phi) is 4.08. The van der Waals surface area contributed by atoms with E-state index in [1.54, 1.807) is 10.9 Å². The van der Waals surface area contributed by atoms with E-state index < -0.39 is 0 Å². The van der Waals surface area contributed by atoms with Gasteiger partial charge in [-0.05, 0) is 40.1 Å². The van der Waals surface area contributed by atoms with Gasteiger partial charge in [-0.3, -0.25) is 9.36 Å². The van der Waals surface area contributed by atoms with Crippen LogP contribution < -0.4 is 22.3 Å². The SMILES string of the molecule is Nc1nc(=O)c2c(ncn2Cc2ccc3ccccc3c2)n1Cc1ccc2c(c1)NON2. The summed E-state index contributed by atoms with van der Waals surface area (Å²) in [5.41, 5.74) is 15.9. The Morgan fingerprint density at radius 1 is 0.906 bits per heavy atom. The first kappa shape index (κ1) is 18.4. The zero-order valence-corrected chi connectivity index (χ0v) is 16.9. The van der Waals surface area contributed by atoms with Crippen molar-refractivity contribution >= 4 is 39.3 Å². The number of nitrogen functional groups attached to an aromatic ring is 1. The van der Waals surface area contributed by atoms with Gasteiger partial charge in [-0.1, -0.05) is 42.5 Å². The van der Waals surface area contributed by atoms with E-state index in [1.807, 2.05) is 34.9 Å². The van der Waals surface area contributed by atoms with E-state index in [2.05, 4.69) is 51.3 Å². The van der Waals surface area contributed by atoms with Gasteiger partial charge in [0, 0.05) is 6.54 Å². The highest BCUT2D eigenvalue weighted by Gasteiger charge is 2.17. The van der Waals surface area contributed by atoms with Gasteiger partial charge in [0.15, 0.2) is 11.2 Å². The van der Waals surface area contributed by atoms with Crippen LogP contribution in [0.1, 0.15) is 11.1 Å². The topological polar surface area (TPSA) is 112 Å². The third kappa shape index (κ3) is 3.03. The molecule has 0 atom stereocenters. The Hall–Kier alpha value is -4.37. The number of hydrogen-bond acceptors (Lipinski definition) is 7. The molecule has 3 heterocycles. The van der Waals surface area contributed by atoms with Crippen molar-refractivity contribution in [3.05, 3.63) is 88.5 Å². The fraction of sp³-hybridized carbons (Fsp3) is 0.0870. The fourth-order valence-electron chi connectivity index (χ4n) is 4.10. The molecule has 158 valence electrons. The summed E-state index contributed by atoms with van der Waals surface area (Å²) in [6, 6.07) is 20.3. The lowest BCUT2D eigenvalue weighted by atomic mass is 10.1. The second kappa shape index (κ2) is 7.10. The summed E-state index contributed by atoms with van der Waals surface area (Å²) in [7, 11) is 0. The normalized spacial score (nSPS) is 12.6. The molecule has 0 radical (unpaired) electrons. The summed E-state index contributed by atoms with van der Waals surface area (Å²) in [5.74, 6) is 0.126. The van der Waals surface area contributed by atoms with Gasteiger partial charge in [-0.15, -0.1) is 0 Å². The van der Waals surface area contributed by atoms with E-state index >= 15 is 0 Å². The van der Waals surface area contributed by atoms with Crippen LogP contribution in [0.4, 0.5) is 17.3 Å². The molecule has 0 aliphatic carbocycles. The van der Waals surface area contributed by atoms with Gasteiger partial charge in [-0.2, -0.15) is 9.92 Å². The number of benzene rings is 3. The second-order valence-corrected chi connectivity index (χ2v) is 7.77. The number of nitrogens with two attached hydrogens (primary N) is 1. The van der Waals surface area contributed by atoms with Crippen LogP contribution in [-0.4, -0.2) is 19.1 Å². The molecule has 32 heavy (non-hydrogen) atoms. The average Bonchev–Trinajstić information content (AvgIpc) is 3.43. The highest BCUT2D eigenvalue weighted by atomic mass is 16.8. The van der Waals surface area contributed by atoms with E-state index in [1.165, 1.54) is 5.39 Å². The number of nitrogens with zero attached hydrogens (tertiary/aromatic N) is 4. The van der Waals surface area contributed by atoms with Crippen LogP contribution in [0.25, 0.3) is 21.9 Å². The first-order valence-corrected chi connectivity index (χ1v) is 10.2. The molecule has 0 amide bonds. The third-order valence-corrected chi connectivity index (χ3v) is 5.68. The molecular formula is C23H19N7O2. The van der Waals surface area contributed by atoms with Crippen molar-refractivity contribution in [3.63, 3.8) is 0 Å². The molecule has 2 aromatic heterocycles. The maximum Gasteiger partial charge on any atom is 0.300 e. The van der Waals surface area contributed by atoms with Gasteiger partial charge in [0.2, 0.25) is 5.95 Å². The summed E-state index contributed by atoms with van der Waals surface area (Å²) in [4.78, 5) is 26.3. The molecule has 0 saturated heterocycles. The van der Waals surface area contributed by atoms with Gasteiger partial charge in [0.1, 0.15) is 0 Å². The van der Waals surface area contributed by atoms with Crippen LogP contribution in [0, 0.1) is 0 Å². The average molecular weight is 425 g/mol. The van der Waals surface area contributed by atoms with Crippen molar-refractivity contribution in [3.8, 4) is 0 Å². The van der Waals surface area contributed by atoms with Crippen molar-refractivity contribution in [1.82, 2.24) is 19.1 Å². The van der Waals surface area contributed by atoms with E-state index in [0.717, 1.165) is 27.9 Å². The number of rotatable bonds is 4.